The summed E-state index contributed by atoms with van der Waals surface area (Å²) in [4.78, 5) is 21.8. The molecule has 2 aromatic rings. The minimum Gasteiger partial charge on any atom is -0.444 e. The second-order valence-electron chi connectivity index (χ2n) is 7.37. The lowest BCUT2D eigenvalue weighted by atomic mass is 10.0. The van der Waals surface area contributed by atoms with Gasteiger partial charge in [-0.2, -0.15) is 4.98 Å². The largest absolute Gasteiger partial charge is 0.444 e. The van der Waals surface area contributed by atoms with Crippen molar-refractivity contribution in [1.82, 2.24) is 19.4 Å². The Balaban J connectivity index is 1.82. The van der Waals surface area contributed by atoms with Crippen molar-refractivity contribution in [2.45, 2.75) is 51.9 Å². The predicted octanol–water partition coefficient (Wildman–Crippen LogP) is 3.91. The van der Waals surface area contributed by atoms with Gasteiger partial charge in [0.15, 0.2) is 0 Å². The summed E-state index contributed by atoms with van der Waals surface area (Å²) >= 11 is 5.90. The van der Waals surface area contributed by atoms with Crippen LogP contribution in [-0.4, -0.2) is 50.4 Å². The summed E-state index contributed by atoms with van der Waals surface area (Å²) in [5, 5.41) is 0.956. The van der Waals surface area contributed by atoms with Gasteiger partial charge >= 0.3 is 6.09 Å². The summed E-state index contributed by atoms with van der Waals surface area (Å²) in [6.45, 7) is 7.72. The van der Waals surface area contributed by atoms with E-state index in [1.807, 2.05) is 17.6 Å². The van der Waals surface area contributed by atoms with Crippen molar-refractivity contribution in [3.8, 4) is 0 Å². The summed E-state index contributed by atoms with van der Waals surface area (Å²) in [6, 6.07) is 1.51. The molecular formula is C17H22ClFN4O2. The standard InChI is InChI=1S/C17H22ClFN4O2/c1-10-7-11-8-20-15(18)21-14(11)23(10)13-5-6-22(9-12(13)19)16(24)25-17(2,3)4/h7-8,12-13H,5-6,9H2,1-4H3/t12-,13+/m1/s1. The van der Waals surface area contributed by atoms with Crippen molar-refractivity contribution < 1.29 is 13.9 Å². The zero-order valence-corrected chi connectivity index (χ0v) is 15.5. The van der Waals surface area contributed by atoms with Crippen molar-refractivity contribution in [1.29, 1.82) is 0 Å². The van der Waals surface area contributed by atoms with Gasteiger partial charge < -0.3 is 14.2 Å². The second kappa shape index (κ2) is 6.44. The number of aryl methyl sites for hydroxylation is 1. The van der Waals surface area contributed by atoms with Crippen molar-refractivity contribution in [3.63, 3.8) is 0 Å². The van der Waals surface area contributed by atoms with E-state index in [0.29, 0.717) is 18.6 Å². The van der Waals surface area contributed by atoms with E-state index in [2.05, 4.69) is 9.97 Å². The van der Waals surface area contributed by atoms with Gasteiger partial charge in [0.2, 0.25) is 5.28 Å². The first kappa shape index (κ1) is 17.9. The number of halogens is 2. The van der Waals surface area contributed by atoms with Gasteiger partial charge in [0, 0.05) is 23.8 Å². The maximum atomic E-state index is 14.9. The molecule has 2 aromatic heterocycles. The quantitative estimate of drug-likeness (QED) is 0.716. The highest BCUT2D eigenvalue weighted by molar-refractivity contribution is 6.28. The van der Waals surface area contributed by atoms with Crippen LogP contribution in [-0.2, 0) is 4.74 Å². The summed E-state index contributed by atoms with van der Waals surface area (Å²) < 4.78 is 22.1. The first-order valence-electron chi connectivity index (χ1n) is 8.28. The van der Waals surface area contributed by atoms with Crippen LogP contribution >= 0.6 is 11.6 Å². The van der Waals surface area contributed by atoms with Crippen LogP contribution in [0.15, 0.2) is 12.3 Å². The third-order valence-electron chi connectivity index (χ3n) is 4.23. The number of fused-ring (bicyclic) bond motifs is 1. The van der Waals surface area contributed by atoms with Gasteiger partial charge in [-0.1, -0.05) is 0 Å². The molecular weight excluding hydrogens is 347 g/mol. The van der Waals surface area contributed by atoms with Gasteiger partial charge in [0.05, 0.1) is 12.6 Å². The van der Waals surface area contributed by atoms with E-state index in [4.69, 9.17) is 16.3 Å². The van der Waals surface area contributed by atoms with Crippen LogP contribution in [0.4, 0.5) is 9.18 Å². The van der Waals surface area contributed by atoms with Crippen LogP contribution in [0.2, 0.25) is 5.28 Å². The molecule has 1 aliphatic heterocycles. The minimum atomic E-state index is -1.22. The number of rotatable bonds is 1. The lowest BCUT2D eigenvalue weighted by Gasteiger charge is -2.36. The number of hydrogen-bond donors (Lipinski definition) is 0. The Morgan fingerprint density at radius 2 is 2.16 bits per heavy atom. The predicted molar refractivity (Wildman–Crippen MR) is 93.6 cm³/mol. The van der Waals surface area contributed by atoms with Crippen molar-refractivity contribution in [2.24, 2.45) is 0 Å². The van der Waals surface area contributed by atoms with Crippen LogP contribution in [0.3, 0.4) is 0 Å². The van der Waals surface area contributed by atoms with Crippen LogP contribution < -0.4 is 0 Å². The first-order chi connectivity index (χ1) is 11.7. The SMILES string of the molecule is Cc1cc2cnc(Cl)nc2n1[C@H]1CCN(C(=O)OC(C)(C)C)C[C@H]1F. The van der Waals surface area contributed by atoms with E-state index in [0.717, 1.165) is 11.1 Å². The van der Waals surface area contributed by atoms with Gasteiger partial charge in [0.1, 0.15) is 17.4 Å². The molecule has 1 fully saturated rings. The monoisotopic (exact) mass is 368 g/mol. The molecule has 0 saturated carbocycles. The van der Waals surface area contributed by atoms with E-state index < -0.39 is 23.9 Å². The smallest absolute Gasteiger partial charge is 0.410 e. The number of carbonyl (C=O) groups excluding carboxylic acids is 1. The van der Waals surface area contributed by atoms with Gasteiger partial charge in [-0.05, 0) is 51.8 Å². The number of piperidine rings is 1. The van der Waals surface area contributed by atoms with Crippen LogP contribution in [0.25, 0.3) is 11.0 Å². The third-order valence-corrected chi connectivity index (χ3v) is 4.41. The summed E-state index contributed by atoms with van der Waals surface area (Å²) in [5.41, 5.74) is 0.918. The molecule has 1 saturated heterocycles. The van der Waals surface area contributed by atoms with Gasteiger partial charge in [-0.15, -0.1) is 0 Å². The molecule has 0 aromatic carbocycles. The summed E-state index contributed by atoms with van der Waals surface area (Å²) in [7, 11) is 0. The Morgan fingerprint density at radius 1 is 1.44 bits per heavy atom. The maximum Gasteiger partial charge on any atom is 0.410 e. The van der Waals surface area contributed by atoms with Crippen LogP contribution in [0, 0.1) is 6.92 Å². The van der Waals surface area contributed by atoms with Gasteiger partial charge in [0.25, 0.3) is 0 Å². The van der Waals surface area contributed by atoms with Crippen molar-refractivity contribution in [3.05, 3.63) is 23.2 Å². The molecule has 0 aliphatic carbocycles. The lowest BCUT2D eigenvalue weighted by Crippen LogP contribution is -2.47. The number of likely N-dealkylation sites (tertiary alicyclic amines) is 1. The second-order valence-corrected chi connectivity index (χ2v) is 7.71. The highest BCUT2D eigenvalue weighted by atomic mass is 35.5. The Morgan fingerprint density at radius 3 is 2.80 bits per heavy atom. The number of carbonyl (C=O) groups is 1. The molecule has 1 aliphatic rings. The summed E-state index contributed by atoms with van der Waals surface area (Å²) in [6.07, 6.45) is 0.418. The molecule has 0 N–H and O–H groups in total. The minimum absolute atomic E-state index is 0.00247. The molecule has 3 rings (SSSR count). The number of amides is 1. The molecule has 0 radical (unpaired) electrons. The number of nitrogens with zero attached hydrogens (tertiary/aromatic N) is 4. The van der Waals surface area contributed by atoms with Crippen LogP contribution in [0.1, 0.15) is 38.9 Å². The molecule has 6 nitrogen and oxygen atoms in total. The highest BCUT2D eigenvalue weighted by Crippen LogP contribution is 2.32. The molecule has 2 atom stereocenters. The fourth-order valence-electron chi connectivity index (χ4n) is 3.21. The molecule has 0 bridgehead atoms. The molecule has 25 heavy (non-hydrogen) atoms. The number of aromatic nitrogens is 3. The maximum absolute atomic E-state index is 14.9. The highest BCUT2D eigenvalue weighted by Gasteiger charge is 2.35. The van der Waals surface area contributed by atoms with E-state index in [1.165, 1.54) is 4.90 Å². The summed E-state index contributed by atoms with van der Waals surface area (Å²) in [5.74, 6) is 0. The molecule has 0 spiro atoms. The Labute approximate surface area is 150 Å². The average Bonchev–Trinajstić information content (AvgIpc) is 2.81. The van der Waals surface area contributed by atoms with E-state index in [9.17, 15) is 9.18 Å². The Kier molecular flexibility index (Phi) is 4.62. The topological polar surface area (TPSA) is 60.2 Å². The van der Waals surface area contributed by atoms with E-state index in [1.54, 1.807) is 27.0 Å². The number of hydrogen-bond acceptors (Lipinski definition) is 4. The molecule has 3 heterocycles. The zero-order chi connectivity index (χ0) is 18.4. The van der Waals surface area contributed by atoms with Crippen molar-refractivity contribution in [2.75, 3.05) is 13.1 Å². The Hall–Kier alpha value is -1.89. The van der Waals surface area contributed by atoms with Crippen LogP contribution in [0.5, 0.6) is 0 Å². The number of alkyl halides is 1. The zero-order valence-electron chi connectivity index (χ0n) is 14.8. The fourth-order valence-corrected chi connectivity index (χ4v) is 3.34. The molecule has 0 unspecified atom stereocenters. The molecule has 1 amide bonds. The first-order valence-corrected chi connectivity index (χ1v) is 8.65. The molecule has 136 valence electrons. The van der Waals surface area contributed by atoms with Gasteiger partial charge in [-0.25, -0.2) is 14.2 Å². The average molecular weight is 369 g/mol. The fraction of sp³-hybridized carbons (Fsp3) is 0.588. The van der Waals surface area contributed by atoms with Crippen molar-refractivity contribution >= 4 is 28.7 Å². The normalized spacial score (nSPS) is 21.6. The molecule has 8 heteroatoms. The number of ether oxygens (including phenoxy) is 1. The van der Waals surface area contributed by atoms with E-state index >= 15 is 0 Å². The third kappa shape index (κ3) is 3.71. The Bertz CT molecular complexity index is 802. The van der Waals surface area contributed by atoms with Gasteiger partial charge in [-0.3, -0.25) is 0 Å². The van der Waals surface area contributed by atoms with E-state index in [-0.39, 0.29) is 11.8 Å². The lowest BCUT2D eigenvalue weighted by molar-refractivity contribution is 0.00694.